The van der Waals surface area contributed by atoms with Gasteiger partial charge >= 0.3 is 0 Å². The Morgan fingerprint density at radius 1 is 0.667 bits per heavy atom. The molecule has 6 heteroatoms. The number of phenols is 1. The molecule has 0 unspecified atom stereocenters. The van der Waals surface area contributed by atoms with Crippen LogP contribution in [-0.4, -0.2) is 24.9 Å². The molecule has 0 aliphatic carbocycles. The average Bonchev–Trinajstić information content (AvgIpc) is 3.63. The molecule has 3 aromatic heterocycles. The van der Waals surface area contributed by atoms with Crippen LogP contribution in [0.15, 0.2) is 115 Å². The molecule has 0 amide bonds. The maximum Gasteiger partial charge on any atom is 0.169 e. The van der Waals surface area contributed by atoms with Crippen molar-refractivity contribution in [1.29, 1.82) is 0 Å². The predicted octanol–water partition coefficient (Wildman–Crippen LogP) is 11.0. The number of fused-ring (bicyclic) bond motifs is 5. The summed E-state index contributed by atoms with van der Waals surface area (Å²) < 4.78 is 2.08. The van der Waals surface area contributed by atoms with Gasteiger partial charge in [-0.25, -0.2) is 9.67 Å². The minimum Gasteiger partial charge on any atom is -0.506 e. The summed E-state index contributed by atoms with van der Waals surface area (Å²) in [5.41, 5.74) is 8.08. The van der Waals surface area contributed by atoms with E-state index in [1.54, 1.807) is 6.07 Å². The highest BCUT2D eigenvalue weighted by atomic mass is 16.3. The third-order valence-corrected chi connectivity index (χ3v) is 9.35. The Hall–Kier alpha value is -5.62. The van der Waals surface area contributed by atoms with Crippen LogP contribution in [0.2, 0.25) is 0 Å². The van der Waals surface area contributed by atoms with Crippen LogP contribution in [0.5, 0.6) is 5.75 Å². The molecule has 8 rings (SSSR count). The van der Waals surface area contributed by atoms with Gasteiger partial charge < -0.3 is 10.1 Å². The first-order chi connectivity index (χ1) is 23.0. The van der Waals surface area contributed by atoms with Gasteiger partial charge in [0.2, 0.25) is 0 Å². The number of rotatable bonds is 4. The molecule has 0 aliphatic heterocycles. The molecule has 0 aliphatic rings. The average molecular weight is 630 g/mol. The molecule has 238 valence electrons. The monoisotopic (exact) mass is 629 g/mol. The van der Waals surface area contributed by atoms with Gasteiger partial charge in [0, 0.05) is 32.7 Å². The third kappa shape index (κ3) is 4.87. The van der Waals surface area contributed by atoms with Crippen molar-refractivity contribution in [2.75, 3.05) is 4.90 Å². The molecule has 48 heavy (non-hydrogen) atoms. The fourth-order valence-corrected chi connectivity index (χ4v) is 6.63. The van der Waals surface area contributed by atoms with E-state index in [1.165, 1.54) is 21.9 Å². The summed E-state index contributed by atoms with van der Waals surface area (Å²) >= 11 is 0. The first-order valence-corrected chi connectivity index (χ1v) is 16.5. The Morgan fingerprint density at radius 2 is 1.40 bits per heavy atom. The number of para-hydroxylation sites is 3. The smallest absolute Gasteiger partial charge is 0.169 e. The second-order valence-electron chi connectivity index (χ2n) is 14.7. The van der Waals surface area contributed by atoms with Crippen molar-refractivity contribution in [3.63, 3.8) is 0 Å². The van der Waals surface area contributed by atoms with Crippen molar-refractivity contribution in [1.82, 2.24) is 19.7 Å². The maximum absolute atomic E-state index is 10.8. The zero-order valence-electron chi connectivity index (χ0n) is 28.2. The SMILES string of the molecule is CC(C)(C)c1ccc2[nH]c3c(-n4nc(N(c5ccccc5)c5ccc6cccc(O)c6n5)c5ccccc54)cc(C(C)(C)C)cc3c2c1. The first kappa shape index (κ1) is 29.8. The molecule has 0 bridgehead atoms. The van der Waals surface area contributed by atoms with Gasteiger partial charge in [0.25, 0.3) is 0 Å². The zero-order valence-corrected chi connectivity index (χ0v) is 28.2. The van der Waals surface area contributed by atoms with E-state index in [0.29, 0.717) is 11.3 Å². The zero-order chi connectivity index (χ0) is 33.4. The molecule has 6 nitrogen and oxygen atoms in total. The summed E-state index contributed by atoms with van der Waals surface area (Å²) in [7, 11) is 0. The Labute approximate surface area is 280 Å². The van der Waals surface area contributed by atoms with E-state index in [-0.39, 0.29) is 16.6 Å². The van der Waals surface area contributed by atoms with Crippen LogP contribution in [0, 0.1) is 0 Å². The van der Waals surface area contributed by atoms with E-state index >= 15 is 0 Å². The second kappa shape index (κ2) is 10.7. The van der Waals surface area contributed by atoms with Gasteiger partial charge in [-0.15, -0.1) is 5.10 Å². The maximum atomic E-state index is 10.8. The minimum atomic E-state index is -0.0902. The number of H-pyrrole nitrogens is 1. The first-order valence-electron chi connectivity index (χ1n) is 16.5. The lowest BCUT2D eigenvalue weighted by atomic mass is 9.84. The minimum absolute atomic E-state index is 0.0316. The number of hydrogen-bond acceptors (Lipinski definition) is 4. The van der Waals surface area contributed by atoms with Crippen molar-refractivity contribution >= 4 is 60.9 Å². The van der Waals surface area contributed by atoms with E-state index in [4.69, 9.17) is 10.1 Å². The van der Waals surface area contributed by atoms with Gasteiger partial charge in [0.1, 0.15) is 17.1 Å². The van der Waals surface area contributed by atoms with Crippen LogP contribution in [0.25, 0.3) is 49.3 Å². The number of nitrogens with one attached hydrogen (secondary N) is 1. The van der Waals surface area contributed by atoms with E-state index in [9.17, 15) is 5.11 Å². The van der Waals surface area contributed by atoms with E-state index in [1.807, 2.05) is 42.5 Å². The Balaban J connectivity index is 1.43. The van der Waals surface area contributed by atoms with Crippen molar-refractivity contribution in [3.8, 4) is 11.4 Å². The largest absolute Gasteiger partial charge is 0.506 e. The summed E-state index contributed by atoms with van der Waals surface area (Å²) in [4.78, 5) is 10.9. The number of phenolic OH excluding ortho intramolecular Hbond substituents is 1. The van der Waals surface area contributed by atoms with Gasteiger partial charge in [-0.1, -0.05) is 90.1 Å². The van der Waals surface area contributed by atoms with Crippen LogP contribution >= 0.6 is 0 Å². The molecule has 0 saturated carbocycles. The number of anilines is 3. The van der Waals surface area contributed by atoms with Crippen molar-refractivity contribution in [3.05, 3.63) is 126 Å². The van der Waals surface area contributed by atoms with Crippen molar-refractivity contribution in [2.45, 2.75) is 52.4 Å². The molecule has 8 aromatic rings. The van der Waals surface area contributed by atoms with E-state index in [2.05, 4.69) is 123 Å². The summed E-state index contributed by atoms with van der Waals surface area (Å²) in [5, 5.41) is 20.4. The highest BCUT2D eigenvalue weighted by molar-refractivity contribution is 6.11. The number of nitrogens with zero attached hydrogens (tertiary/aromatic N) is 4. The quantitative estimate of drug-likeness (QED) is 0.203. The Morgan fingerprint density at radius 3 is 2.17 bits per heavy atom. The Bertz CT molecular complexity index is 2490. The summed E-state index contributed by atoms with van der Waals surface area (Å²) in [5.74, 6) is 1.56. The lowest BCUT2D eigenvalue weighted by molar-refractivity contribution is 0.480. The molecule has 0 atom stereocenters. The number of pyridine rings is 1. The molecular formula is C42H39N5O. The molecule has 3 heterocycles. The lowest BCUT2D eigenvalue weighted by Crippen LogP contribution is -2.14. The molecule has 0 radical (unpaired) electrons. The standard InChI is InChI=1S/C42H39N5O/c1-41(2,3)27-20-21-33-31(23-27)32-24-28(42(4,5)6)25-35(39(32)43-33)47-34-17-11-10-16-30(34)40(45-47)46(29-14-8-7-9-15-29)37-22-19-26-13-12-18-36(48)38(26)44-37/h7-25,43,48H,1-6H3. The highest BCUT2D eigenvalue weighted by Gasteiger charge is 2.26. The molecule has 0 spiro atoms. The van der Waals surface area contributed by atoms with Crippen LogP contribution in [0.4, 0.5) is 17.3 Å². The van der Waals surface area contributed by atoms with Crippen LogP contribution in [-0.2, 0) is 10.8 Å². The van der Waals surface area contributed by atoms with Crippen molar-refractivity contribution < 1.29 is 5.11 Å². The van der Waals surface area contributed by atoms with E-state index in [0.717, 1.165) is 44.5 Å². The van der Waals surface area contributed by atoms with Crippen LogP contribution in [0.1, 0.15) is 52.7 Å². The van der Waals surface area contributed by atoms with Crippen LogP contribution < -0.4 is 4.90 Å². The Kier molecular flexibility index (Phi) is 6.64. The van der Waals surface area contributed by atoms with Crippen LogP contribution in [0.3, 0.4) is 0 Å². The van der Waals surface area contributed by atoms with E-state index < -0.39 is 0 Å². The van der Waals surface area contributed by atoms with Gasteiger partial charge in [0.15, 0.2) is 5.82 Å². The number of aromatic nitrogens is 4. The van der Waals surface area contributed by atoms with Crippen molar-refractivity contribution in [2.24, 2.45) is 0 Å². The lowest BCUT2D eigenvalue weighted by Gasteiger charge is -2.23. The number of aromatic hydroxyl groups is 1. The van der Waals surface area contributed by atoms with Gasteiger partial charge in [-0.3, -0.25) is 4.90 Å². The number of hydrogen-bond donors (Lipinski definition) is 2. The second-order valence-corrected chi connectivity index (χ2v) is 14.7. The number of benzene rings is 5. The fourth-order valence-electron chi connectivity index (χ4n) is 6.63. The molecular weight excluding hydrogens is 590 g/mol. The summed E-state index contributed by atoms with van der Waals surface area (Å²) in [6.07, 6.45) is 0. The molecule has 2 N–H and O–H groups in total. The van der Waals surface area contributed by atoms with Gasteiger partial charge in [-0.2, -0.15) is 0 Å². The summed E-state index contributed by atoms with van der Waals surface area (Å²) in [6, 6.07) is 39.4. The normalized spacial score (nSPS) is 12.5. The highest BCUT2D eigenvalue weighted by Crippen LogP contribution is 2.42. The topological polar surface area (TPSA) is 70.0 Å². The number of aromatic amines is 1. The fraction of sp³-hybridized carbons (Fsp3) is 0.190. The predicted molar refractivity (Wildman–Crippen MR) is 199 cm³/mol. The third-order valence-electron chi connectivity index (χ3n) is 9.35. The summed E-state index contributed by atoms with van der Waals surface area (Å²) in [6.45, 7) is 13.6. The molecule has 0 fully saturated rings. The van der Waals surface area contributed by atoms with Gasteiger partial charge in [0.05, 0.1) is 16.7 Å². The molecule has 0 saturated heterocycles. The molecule has 5 aromatic carbocycles. The van der Waals surface area contributed by atoms with Gasteiger partial charge in [-0.05, 0) is 88.7 Å².